The molecule has 5 rings (SSSR count). The van der Waals surface area contributed by atoms with Crippen molar-refractivity contribution in [1.29, 1.82) is 0 Å². The monoisotopic (exact) mass is 455 g/mol. The largest absolute Gasteiger partial charge is 0.506 e. The zero-order chi connectivity index (χ0) is 22.9. The number of aromatic hydroxyl groups is 1. The quantitative estimate of drug-likeness (QED) is 0.421. The predicted molar refractivity (Wildman–Crippen MR) is 133 cm³/mol. The Hall–Kier alpha value is -3.71. The Morgan fingerprint density at radius 2 is 1.85 bits per heavy atom. The van der Waals surface area contributed by atoms with Gasteiger partial charge in [-0.15, -0.1) is 0 Å². The van der Waals surface area contributed by atoms with Crippen molar-refractivity contribution in [3.8, 4) is 5.75 Å². The van der Waals surface area contributed by atoms with E-state index in [1.165, 1.54) is 0 Å². The van der Waals surface area contributed by atoms with E-state index >= 15 is 0 Å². The normalized spacial score (nSPS) is 17.9. The zero-order valence-corrected chi connectivity index (χ0v) is 19.3. The van der Waals surface area contributed by atoms with Gasteiger partial charge in [-0.05, 0) is 73.6 Å². The molecule has 166 valence electrons. The molecule has 2 unspecified atom stereocenters. The highest BCUT2D eigenvalue weighted by atomic mass is 32.1. The van der Waals surface area contributed by atoms with Crippen molar-refractivity contribution < 1.29 is 5.11 Å². The van der Waals surface area contributed by atoms with Gasteiger partial charge in [0.25, 0.3) is 0 Å². The molecule has 0 radical (unpaired) electrons. The summed E-state index contributed by atoms with van der Waals surface area (Å²) in [6.45, 7) is 4.99. The van der Waals surface area contributed by atoms with E-state index in [-0.39, 0.29) is 17.8 Å². The average molecular weight is 456 g/mol. The SMILES string of the molecule is Cc1cc(C2C(c3ccccn3)NC(=S)N2c2ccccc2O)c(C)n1Cc1cccnc1. The van der Waals surface area contributed by atoms with Crippen molar-refractivity contribution >= 4 is 23.0 Å². The maximum Gasteiger partial charge on any atom is 0.174 e. The number of phenolic OH excluding ortho intramolecular Hbond substituents is 1. The molecule has 33 heavy (non-hydrogen) atoms. The lowest BCUT2D eigenvalue weighted by Gasteiger charge is -2.28. The Morgan fingerprint density at radius 3 is 2.58 bits per heavy atom. The van der Waals surface area contributed by atoms with Gasteiger partial charge in [0.15, 0.2) is 5.11 Å². The van der Waals surface area contributed by atoms with Crippen LogP contribution in [-0.2, 0) is 6.54 Å². The molecule has 1 aliphatic heterocycles. The smallest absolute Gasteiger partial charge is 0.174 e. The molecule has 2 N–H and O–H groups in total. The van der Waals surface area contributed by atoms with E-state index in [1.807, 2.05) is 53.6 Å². The molecule has 1 aliphatic rings. The molecule has 0 aliphatic carbocycles. The molecule has 7 heteroatoms. The maximum absolute atomic E-state index is 10.7. The first-order valence-electron chi connectivity index (χ1n) is 10.9. The number of hydrogen-bond acceptors (Lipinski definition) is 4. The molecular weight excluding hydrogens is 430 g/mol. The van der Waals surface area contributed by atoms with E-state index < -0.39 is 0 Å². The summed E-state index contributed by atoms with van der Waals surface area (Å²) in [5, 5.41) is 14.7. The molecule has 0 amide bonds. The molecule has 0 saturated carbocycles. The van der Waals surface area contributed by atoms with Crippen molar-refractivity contribution in [2.45, 2.75) is 32.5 Å². The van der Waals surface area contributed by atoms with E-state index in [4.69, 9.17) is 12.2 Å². The van der Waals surface area contributed by atoms with Gasteiger partial charge in [0.2, 0.25) is 0 Å². The molecule has 0 bridgehead atoms. The number of nitrogens with one attached hydrogen (secondary N) is 1. The lowest BCUT2D eigenvalue weighted by Crippen LogP contribution is -2.29. The summed E-state index contributed by atoms with van der Waals surface area (Å²) in [5.74, 6) is 0.192. The minimum atomic E-state index is -0.172. The van der Waals surface area contributed by atoms with Gasteiger partial charge >= 0.3 is 0 Å². The number of thiocarbonyl (C=S) groups is 1. The molecule has 1 fully saturated rings. The number of phenols is 1. The van der Waals surface area contributed by atoms with Gasteiger partial charge in [-0.1, -0.05) is 24.3 Å². The summed E-state index contributed by atoms with van der Waals surface area (Å²) in [5.41, 5.74) is 6.16. The molecular formula is C26H25N5OS. The van der Waals surface area contributed by atoms with Gasteiger partial charge < -0.3 is 19.9 Å². The first kappa shape index (κ1) is 21.2. The summed E-state index contributed by atoms with van der Waals surface area (Å²) < 4.78 is 2.30. The zero-order valence-electron chi connectivity index (χ0n) is 18.5. The lowest BCUT2D eigenvalue weighted by molar-refractivity contribution is 0.472. The van der Waals surface area contributed by atoms with Crippen molar-refractivity contribution in [2.75, 3.05) is 4.90 Å². The van der Waals surface area contributed by atoms with Crippen LogP contribution in [0.15, 0.2) is 79.3 Å². The van der Waals surface area contributed by atoms with Crippen LogP contribution in [-0.4, -0.2) is 24.8 Å². The molecule has 4 heterocycles. The number of nitrogens with zero attached hydrogens (tertiary/aromatic N) is 4. The van der Waals surface area contributed by atoms with Gasteiger partial charge in [0.05, 0.1) is 23.5 Å². The third-order valence-electron chi connectivity index (χ3n) is 6.23. The number of para-hydroxylation sites is 2. The van der Waals surface area contributed by atoms with Crippen LogP contribution in [0.5, 0.6) is 5.75 Å². The minimum Gasteiger partial charge on any atom is -0.506 e. The van der Waals surface area contributed by atoms with Gasteiger partial charge in [-0.2, -0.15) is 0 Å². The Morgan fingerprint density at radius 1 is 1.03 bits per heavy atom. The third kappa shape index (κ3) is 3.85. The van der Waals surface area contributed by atoms with Crippen LogP contribution in [0, 0.1) is 13.8 Å². The molecule has 0 spiro atoms. The van der Waals surface area contributed by atoms with Gasteiger partial charge in [-0.3, -0.25) is 9.97 Å². The first-order chi connectivity index (χ1) is 16.0. The highest BCUT2D eigenvalue weighted by molar-refractivity contribution is 7.80. The standard InChI is InChI=1S/C26H25N5OS/c1-17-14-20(18(2)30(17)16-19-8-7-12-27-15-19)25-24(21-9-5-6-13-28-21)29-26(33)31(25)22-10-3-4-11-23(22)32/h3-15,24-25,32H,16H2,1-2H3,(H,29,33). The molecule has 1 saturated heterocycles. The summed E-state index contributed by atoms with van der Waals surface area (Å²) >= 11 is 5.78. The Bertz CT molecular complexity index is 1290. The van der Waals surface area contributed by atoms with E-state index in [9.17, 15) is 5.11 Å². The van der Waals surface area contributed by atoms with E-state index in [0.717, 1.165) is 34.8 Å². The highest BCUT2D eigenvalue weighted by Crippen LogP contribution is 2.45. The van der Waals surface area contributed by atoms with Crippen LogP contribution in [0.4, 0.5) is 5.69 Å². The lowest BCUT2D eigenvalue weighted by atomic mass is 9.96. The second-order valence-corrected chi connectivity index (χ2v) is 8.65. The number of benzene rings is 1. The van der Waals surface area contributed by atoms with Crippen LogP contribution in [0.3, 0.4) is 0 Å². The van der Waals surface area contributed by atoms with Crippen LogP contribution >= 0.6 is 12.2 Å². The van der Waals surface area contributed by atoms with Crippen LogP contribution in [0.25, 0.3) is 0 Å². The summed E-state index contributed by atoms with van der Waals surface area (Å²) in [6, 6.07) is 19.1. The molecule has 3 aromatic heterocycles. The third-order valence-corrected chi connectivity index (χ3v) is 6.55. The summed E-state index contributed by atoms with van der Waals surface area (Å²) in [4.78, 5) is 10.9. The van der Waals surface area contributed by atoms with Crippen LogP contribution < -0.4 is 10.2 Å². The predicted octanol–water partition coefficient (Wildman–Crippen LogP) is 4.83. The number of hydrogen-bond donors (Lipinski definition) is 2. The number of aromatic nitrogens is 3. The van der Waals surface area contributed by atoms with Crippen molar-refractivity contribution in [2.24, 2.45) is 0 Å². The second kappa shape index (κ2) is 8.67. The highest BCUT2D eigenvalue weighted by Gasteiger charge is 2.42. The summed E-state index contributed by atoms with van der Waals surface area (Å²) in [7, 11) is 0. The Balaban J connectivity index is 1.64. The molecule has 1 aromatic carbocycles. The number of aryl methyl sites for hydroxylation is 1. The van der Waals surface area contributed by atoms with Crippen LogP contribution in [0.1, 0.15) is 40.3 Å². The molecule has 6 nitrogen and oxygen atoms in total. The van der Waals surface area contributed by atoms with Crippen molar-refractivity contribution in [1.82, 2.24) is 19.9 Å². The second-order valence-electron chi connectivity index (χ2n) is 8.26. The van der Waals surface area contributed by atoms with Crippen molar-refractivity contribution in [3.63, 3.8) is 0 Å². The number of anilines is 1. The first-order valence-corrected chi connectivity index (χ1v) is 11.3. The van der Waals surface area contributed by atoms with Gasteiger partial charge in [-0.25, -0.2) is 0 Å². The maximum atomic E-state index is 10.7. The van der Waals surface area contributed by atoms with E-state index in [2.05, 4.69) is 45.8 Å². The fraction of sp³-hybridized carbons (Fsp3) is 0.192. The fourth-order valence-corrected chi connectivity index (χ4v) is 4.98. The van der Waals surface area contributed by atoms with Crippen LogP contribution in [0.2, 0.25) is 0 Å². The topological polar surface area (TPSA) is 66.2 Å². The minimum absolute atomic E-state index is 0.161. The van der Waals surface area contributed by atoms with Crippen molar-refractivity contribution in [3.05, 3.63) is 107 Å². The molecule has 4 aromatic rings. The van der Waals surface area contributed by atoms with E-state index in [1.54, 1.807) is 18.5 Å². The summed E-state index contributed by atoms with van der Waals surface area (Å²) in [6.07, 6.45) is 5.48. The average Bonchev–Trinajstić information content (AvgIpc) is 3.31. The Kier molecular flexibility index (Phi) is 5.56. The van der Waals surface area contributed by atoms with E-state index in [0.29, 0.717) is 10.8 Å². The number of pyridine rings is 2. The van der Waals surface area contributed by atoms with Gasteiger partial charge in [0.1, 0.15) is 5.75 Å². The number of rotatable bonds is 5. The van der Waals surface area contributed by atoms with Gasteiger partial charge in [0, 0.05) is 36.5 Å². The fourth-order valence-electron chi connectivity index (χ4n) is 4.64. The Labute approximate surface area is 198 Å². The molecule has 2 atom stereocenters.